The van der Waals surface area contributed by atoms with E-state index in [-0.39, 0.29) is 12.5 Å². The zero-order valence-electron chi connectivity index (χ0n) is 14.4. The molecule has 7 nitrogen and oxygen atoms in total. The molecule has 4 rings (SSSR count). The first-order valence-corrected chi connectivity index (χ1v) is 8.92. The molecule has 2 aliphatic rings. The van der Waals surface area contributed by atoms with Gasteiger partial charge in [-0.3, -0.25) is 4.79 Å². The number of fused-ring (bicyclic) bond motifs is 2. The molecule has 1 unspecified atom stereocenters. The average molecular weight is 341 g/mol. The van der Waals surface area contributed by atoms with Crippen molar-refractivity contribution in [3.8, 4) is 5.69 Å². The maximum absolute atomic E-state index is 12.8. The molecule has 132 valence electrons. The van der Waals surface area contributed by atoms with E-state index in [1.54, 1.807) is 4.68 Å². The van der Waals surface area contributed by atoms with Crippen molar-refractivity contribution >= 4 is 5.91 Å². The molecule has 1 aromatic heterocycles. The monoisotopic (exact) mass is 341 g/mol. The van der Waals surface area contributed by atoms with Gasteiger partial charge in [0.1, 0.15) is 0 Å². The summed E-state index contributed by atoms with van der Waals surface area (Å²) in [4.78, 5) is 14.9. The van der Waals surface area contributed by atoms with Crippen LogP contribution in [-0.4, -0.2) is 54.8 Å². The Hall–Kier alpha value is -2.28. The molecule has 2 bridgehead atoms. The van der Waals surface area contributed by atoms with Crippen molar-refractivity contribution in [2.75, 3.05) is 6.61 Å². The zero-order valence-corrected chi connectivity index (χ0v) is 14.4. The minimum Gasteiger partial charge on any atom is -0.396 e. The molecular formula is C18H23N5O2. The number of tetrazole rings is 1. The Morgan fingerprint density at radius 2 is 1.88 bits per heavy atom. The third-order valence-corrected chi connectivity index (χ3v) is 5.54. The van der Waals surface area contributed by atoms with E-state index < -0.39 is 0 Å². The van der Waals surface area contributed by atoms with Crippen molar-refractivity contribution in [3.05, 3.63) is 35.7 Å². The molecule has 3 atom stereocenters. The predicted molar refractivity (Wildman–Crippen MR) is 91.1 cm³/mol. The van der Waals surface area contributed by atoms with Gasteiger partial charge in [0.25, 0.3) is 0 Å². The van der Waals surface area contributed by atoms with Gasteiger partial charge < -0.3 is 10.0 Å². The lowest BCUT2D eigenvalue weighted by Gasteiger charge is -2.38. The minimum absolute atomic E-state index is 0.204. The van der Waals surface area contributed by atoms with Crippen LogP contribution in [0.2, 0.25) is 0 Å². The largest absolute Gasteiger partial charge is 0.396 e. The van der Waals surface area contributed by atoms with Gasteiger partial charge in [-0.2, -0.15) is 4.68 Å². The lowest BCUT2D eigenvalue weighted by atomic mass is 9.91. The average Bonchev–Trinajstić information content (AvgIpc) is 3.16. The SMILES string of the molecule is Cc1nnnn1-c1ccc(CC(=O)N2[C@@H]3CC[C@H]2CC(CO)C3)cc1. The van der Waals surface area contributed by atoms with E-state index in [9.17, 15) is 9.90 Å². The van der Waals surface area contributed by atoms with E-state index in [1.807, 2.05) is 31.2 Å². The number of hydrogen-bond donors (Lipinski definition) is 1. The number of piperidine rings is 1. The Kier molecular flexibility index (Phi) is 4.25. The van der Waals surface area contributed by atoms with Gasteiger partial charge in [0.2, 0.25) is 5.91 Å². The second-order valence-electron chi connectivity index (χ2n) is 7.19. The lowest BCUT2D eigenvalue weighted by molar-refractivity contribution is -0.135. The van der Waals surface area contributed by atoms with Crippen LogP contribution in [0.4, 0.5) is 0 Å². The highest BCUT2D eigenvalue weighted by Gasteiger charge is 2.42. The summed E-state index contributed by atoms with van der Waals surface area (Å²) in [7, 11) is 0. The van der Waals surface area contributed by atoms with Crippen LogP contribution in [0, 0.1) is 12.8 Å². The number of amides is 1. The van der Waals surface area contributed by atoms with E-state index in [1.165, 1.54) is 0 Å². The summed E-state index contributed by atoms with van der Waals surface area (Å²) in [6.07, 6.45) is 4.45. The Morgan fingerprint density at radius 3 is 2.44 bits per heavy atom. The molecule has 3 heterocycles. The molecule has 0 radical (unpaired) electrons. The van der Waals surface area contributed by atoms with Crippen molar-refractivity contribution in [2.24, 2.45) is 5.92 Å². The third-order valence-electron chi connectivity index (χ3n) is 5.54. The van der Waals surface area contributed by atoms with Gasteiger partial charge in [-0.25, -0.2) is 0 Å². The number of carbonyl (C=O) groups is 1. The van der Waals surface area contributed by atoms with E-state index in [4.69, 9.17) is 0 Å². The first-order valence-electron chi connectivity index (χ1n) is 8.92. The maximum Gasteiger partial charge on any atom is 0.227 e. The maximum atomic E-state index is 12.8. The molecular weight excluding hydrogens is 318 g/mol. The molecule has 2 aromatic rings. The highest BCUT2D eigenvalue weighted by atomic mass is 16.3. The molecule has 1 aromatic carbocycles. The number of nitrogens with zero attached hydrogens (tertiary/aromatic N) is 5. The summed E-state index contributed by atoms with van der Waals surface area (Å²) in [5.74, 6) is 1.29. The fourth-order valence-corrected chi connectivity index (χ4v) is 4.34. The normalized spacial score (nSPS) is 25.4. The highest BCUT2D eigenvalue weighted by molar-refractivity contribution is 5.80. The van der Waals surface area contributed by atoms with E-state index in [0.29, 0.717) is 24.4 Å². The first kappa shape index (κ1) is 16.2. The van der Waals surface area contributed by atoms with E-state index >= 15 is 0 Å². The van der Waals surface area contributed by atoms with Crippen molar-refractivity contribution in [1.82, 2.24) is 25.1 Å². The van der Waals surface area contributed by atoms with Gasteiger partial charge in [0.05, 0.1) is 12.1 Å². The fraction of sp³-hybridized carbons (Fsp3) is 0.556. The topological polar surface area (TPSA) is 84.1 Å². The summed E-state index contributed by atoms with van der Waals surface area (Å²) >= 11 is 0. The highest BCUT2D eigenvalue weighted by Crippen LogP contribution is 2.38. The minimum atomic E-state index is 0.204. The molecule has 2 saturated heterocycles. The zero-order chi connectivity index (χ0) is 17.4. The van der Waals surface area contributed by atoms with Crippen LogP contribution in [-0.2, 0) is 11.2 Å². The van der Waals surface area contributed by atoms with Crippen molar-refractivity contribution in [1.29, 1.82) is 0 Å². The van der Waals surface area contributed by atoms with Crippen molar-refractivity contribution < 1.29 is 9.90 Å². The second kappa shape index (κ2) is 6.55. The van der Waals surface area contributed by atoms with Crippen LogP contribution < -0.4 is 0 Å². The molecule has 7 heteroatoms. The molecule has 1 amide bonds. The predicted octanol–water partition coefficient (Wildman–Crippen LogP) is 1.28. The molecule has 0 spiro atoms. The van der Waals surface area contributed by atoms with Crippen molar-refractivity contribution in [3.63, 3.8) is 0 Å². The third kappa shape index (κ3) is 3.04. The fourth-order valence-electron chi connectivity index (χ4n) is 4.34. The molecule has 0 aliphatic carbocycles. The summed E-state index contributed by atoms with van der Waals surface area (Å²) in [5.41, 5.74) is 1.89. The summed E-state index contributed by atoms with van der Waals surface area (Å²) in [5, 5.41) is 20.9. The lowest BCUT2D eigenvalue weighted by Crippen LogP contribution is -2.47. The number of aliphatic hydroxyl groups excluding tert-OH is 1. The van der Waals surface area contributed by atoms with Crippen LogP contribution in [0.5, 0.6) is 0 Å². The number of carbonyl (C=O) groups excluding carboxylic acids is 1. The Balaban J connectivity index is 1.44. The molecule has 2 fully saturated rings. The second-order valence-corrected chi connectivity index (χ2v) is 7.19. The van der Waals surface area contributed by atoms with Gasteiger partial charge in [-0.1, -0.05) is 12.1 Å². The van der Waals surface area contributed by atoms with Crippen LogP contribution in [0.1, 0.15) is 37.1 Å². The van der Waals surface area contributed by atoms with E-state index in [2.05, 4.69) is 20.4 Å². The van der Waals surface area contributed by atoms with Gasteiger partial charge >= 0.3 is 0 Å². The van der Waals surface area contributed by atoms with Crippen LogP contribution in [0.15, 0.2) is 24.3 Å². The van der Waals surface area contributed by atoms with E-state index in [0.717, 1.165) is 42.8 Å². The van der Waals surface area contributed by atoms with Crippen LogP contribution >= 0.6 is 0 Å². The van der Waals surface area contributed by atoms with Crippen molar-refractivity contribution in [2.45, 2.75) is 51.1 Å². The summed E-state index contributed by atoms with van der Waals surface area (Å²) < 4.78 is 1.67. The number of rotatable bonds is 4. The molecule has 2 aliphatic heterocycles. The van der Waals surface area contributed by atoms with Crippen LogP contribution in [0.25, 0.3) is 5.69 Å². The Morgan fingerprint density at radius 1 is 1.20 bits per heavy atom. The standard InChI is InChI=1S/C18H23N5O2/c1-12-19-20-21-23(12)15-4-2-13(3-5-15)10-18(25)22-16-6-7-17(22)9-14(8-16)11-24/h2-5,14,16-17,24H,6-11H2,1H3/t14?,16-,17+. The summed E-state index contributed by atoms with van der Waals surface area (Å²) in [6, 6.07) is 8.45. The number of aryl methyl sites for hydroxylation is 1. The number of hydrogen-bond acceptors (Lipinski definition) is 5. The Bertz CT molecular complexity index is 743. The Labute approximate surface area is 146 Å². The smallest absolute Gasteiger partial charge is 0.227 e. The molecule has 1 N–H and O–H groups in total. The molecule has 0 saturated carbocycles. The van der Waals surface area contributed by atoms with Gasteiger partial charge in [0.15, 0.2) is 5.82 Å². The number of aliphatic hydroxyl groups is 1. The van der Waals surface area contributed by atoms with Gasteiger partial charge in [-0.05, 0) is 66.6 Å². The number of aromatic nitrogens is 4. The number of benzene rings is 1. The van der Waals surface area contributed by atoms with Gasteiger partial charge in [-0.15, -0.1) is 5.10 Å². The quantitative estimate of drug-likeness (QED) is 0.905. The van der Waals surface area contributed by atoms with Gasteiger partial charge in [0, 0.05) is 18.7 Å². The summed E-state index contributed by atoms with van der Waals surface area (Å²) in [6.45, 7) is 2.09. The molecule has 25 heavy (non-hydrogen) atoms. The van der Waals surface area contributed by atoms with Crippen LogP contribution in [0.3, 0.4) is 0 Å². The first-order chi connectivity index (χ1) is 12.2.